The number of benzene rings is 1. The molecule has 4 rings (SSSR count). The average Bonchev–Trinajstić information content (AvgIpc) is 3.05. The second-order valence-corrected chi connectivity index (χ2v) is 14.7. The first-order valence-corrected chi connectivity index (χ1v) is 13.9. The fourth-order valence-corrected chi connectivity index (χ4v) is 4.92. The Balaban J connectivity index is 1.72. The van der Waals surface area contributed by atoms with Crippen molar-refractivity contribution < 1.29 is 22.4 Å². The number of hydrogen-bond donors (Lipinski definition) is 0. The monoisotopic (exact) mass is 475 g/mol. The normalized spacial score (nSPS) is 14.8. The predicted molar refractivity (Wildman–Crippen MR) is 124 cm³/mol. The number of nitrogens with zero attached hydrogens (tertiary/aromatic N) is 3. The predicted octanol–water partition coefficient (Wildman–Crippen LogP) is 5.60. The molecule has 33 heavy (non-hydrogen) atoms. The molecule has 1 aliphatic rings. The molecule has 1 aliphatic heterocycles. The first kappa shape index (κ1) is 23.5. The molecule has 0 aliphatic carbocycles. The van der Waals surface area contributed by atoms with Crippen LogP contribution in [0.5, 0.6) is 0 Å². The number of rotatable bonds is 5. The lowest BCUT2D eigenvalue weighted by Crippen LogP contribution is -2.45. The van der Waals surface area contributed by atoms with Crippen molar-refractivity contribution in [2.24, 2.45) is 0 Å². The first-order valence-electron chi connectivity index (χ1n) is 11.0. The van der Waals surface area contributed by atoms with Gasteiger partial charge < -0.3 is 13.9 Å². The molecular formula is C24H28F3N3O2Si. The van der Waals surface area contributed by atoms with E-state index in [2.05, 4.69) is 38.8 Å². The van der Waals surface area contributed by atoms with E-state index in [1.807, 2.05) is 0 Å². The highest BCUT2D eigenvalue weighted by Crippen LogP contribution is 2.38. The summed E-state index contributed by atoms with van der Waals surface area (Å²) in [5, 5.41) is 0.0564. The van der Waals surface area contributed by atoms with E-state index in [1.165, 1.54) is 12.1 Å². The fraction of sp³-hybridized carbons (Fsp3) is 0.417. The molecule has 3 aromatic rings. The van der Waals surface area contributed by atoms with Gasteiger partial charge in [-0.2, -0.15) is 0 Å². The number of carbonyl (C=O) groups is 1. The van der Waals surface area contributed by atoms with Gasteiger partial charge in [0.15, 0.2) is 20.0 Å². The molecule has 1 aromatic carbocycles. The highest BCUT2D eigenvalue weighted by molar-refractivity contribution is 6.74. The molecule has 0 atom stereocenters. The van der Waals surface area contributed by atoms with E-state index in [0.717, 1.165) is 18.3 Å². The van der Waals surface area contributed by atoms with E-state index in [1.54, 1.807) is 9.47 Å². The van der Waals surface area contributed by atoms with Crippen molar-refractivity contribution in [2.75, 3.05) is 19.7 Å². The molecule has 0 spiro atoms. The van der Waals surface area contributed by atoms with E-state index in [9.17, 15) is 18.0 Å². The Bertz CT molecular complexity index is 1230. The van der Waals surface area contributed by atoms with E-state index in [4.69, 9.17) is 4.43 Å². The molecule has 0 N–H and O–H groups in total. The lowest BCUT2D eigenvalue weighted by molar-refractivity contribution is 0.0675. The zero-order valence-electron chi connectivity index (χ0n) is 19.5. The van der Waals surface area contributed by atoms with E-state index >= 15 is 0 Å². The van der Waals surface area contributed by atoms with Crippen LogP contribution in [0.25, 0.3) is 22.2 Å². The van der Waals surface area contributed by atoms with Gasteiger partial charge in [0.25, 0.3) is 5.91 Å². The molecule has 176 valence electrons. The number of aromatic nitrogens is 2. The smallest absolute Gasteiger partial charge is 0.271 e. The number of amides is 1. The standard InChI is InChI=1S/C24H28F3N3O2Si/c1-24(2,3)33(4,5)32-11-10-29-8-9-30-19-13-16(25)14-28-21(19)20(22(30)23(29)31)15-6-7-17(26)18(27)12-15/h6-7,12-14H,8-11H2,1-5H3. The van der Waals surface area contributed by atoms with Gasteiger partial charge in [-0.3, -0.25) is 9.78 Å². The third kappa shape index (κ3) is 4.19. The zero-order valence-corrected chi connectivity index (χ0v) is 20.5. The van der Waals surface area contributed by atoms with Crippen molar-refractivity contribution in [3.05, 3.63) is 53.6 Å². The van der Waals surface area contributed by atoms with E-state index in [-0.39, 0.29) is 10.9 Å². The van der Waals surface area contributed by atoms with Crippen molar-refractivity contribution >= 4 is 25.3 Å². The number of fused-ring (bicyclic) bond motifs is 3. The van der Waals surface area contributed by atoms with E-state index < -0.39 is 25.8 Å². The summed E-state index contributed by atoms with van der Waals surface area (Å²) in [5.74, 6) is -2.80. The van der Waals surface area contributed by atoms with Gasteiger partial charge in [0.2, 0.25) is 0 Å². The average molecular weight is 476 g/mol. The summed E-state index contributed by atoms with van der Waals surface area (Å²) < 4.78 is 49.6. The second-order valence-electron chi connectivity index (χ2n) is 9.93. The molecule has 0 unspecified atom stereocenters. The molecule has 0 radical (unpaired) electrons. The van der Waals surface area contributed by atoms with Crippen LogP contribution in [0.4, 0.5) is 13.2 Å². The van der Waals surface area contributed by atoms with Gasteiger partial charge in [0.1, 0.15) is 11.5 Å². The summed E-state index contributed by atoms with van der Waals surface area (Å²) >= 11 is 0. The van der Waals surface area contributed by atoms with Crippen LogP contribution >= 0.6 is 0 Å². The third-order valence-corrected chi connectivity index (χ3v) is 11.3. The van der Waals surface area contributed by atoms with Crippen LogP contribution < -0.4 is 0 Å². The Morgan fingerprint density at radius 2 is 1.82 bits per heavy atom. The Morgan fingerprint density at radius 3 is 2.48 bits per heavy atom. The summed E-state index contributed by atoms with van der Waals surface area (Å²) in [6.45, 7) is 12.5. The second kappa shape index (κ2) is 8.29. The van der Waals surface area contributed by atoms with Gasteiger partial charge in [0.05, 0.1) is 23.8 Å². The van der Waals surface area contributed by atoms with Crippen molar-refractivity contribution in [3.8, 4) is 11.1 Å². The van der Waals surface area contributed by atoms with Crippen LogP contribution in [-0.4, -0.2) is 48.4 Å². The van der Waals surface area contributed by atoms with Gasteiger partial charge in [-0.1, -0.05) is 26.8 Å². The summed E-state index contributed by atoms with van der Waals surface area (Å²) in [5.41, 5.74) is 1.83. The lowest BCUT2D eigenvalue weighted by Gasteiger charge is -2.37. The van der Waals surface area contributed by atoms with Gasteiger partial charge in [-0.25, -0.2) is 13.2 Å². The van der Waals surface area contributed by atoms with Crippen molar-refractivity contribution in [3.63, 3.8) is 0 Å². The number of halogens is 3. The van der Waals surface area contributed by atoms with Crippen LogP contribution in [0.2, 0.25) is 18.1 Å². The van der Waals surface area contributed by atoms with Crippen LogP contribution in [-0.2, 0) is 11.0 Å². The molecule has 9 heteroatoms. The molecule has 0 saturated heterocycles. The largest absolute Gasteiger partial charge is 0.415 e. The molecule has 0 fully saturated rings. The maximum Gasteiger partial charge on any atom is 0.271 e. The molecule has 0 saturated carbocycles. The Morgan fingerprint density at radius 1 is 1.09 bits per heavy atom. The van der Waals surface area contributed by atoms with Gasteiger partial charge in [-0.15, -0.1) is 0 Å². The topological polar surface area (TPSA) is 47.4 Å². The highest BCUT2D eigenvalue weighted by Gasteiger charge is 2.38. The SMILES string of the molecule is CC(C)(C)[Si](C)(C)OCCN1CCn2c(c(-c3ccc(F)c(F)c3)c3ncc(F)cc32)C1=O. The zero-order chi connectivity index (χ0) is 24.1. The molecule has 5 nitrogen and oxygen atoms in total. The molecule has 2 aromatic heterocycles. The first-order chi connectivity index (χ1) is 15.4. The fourth-order valence-electron chi connectivity index (χ4n) is 3.89. The minimum atomic E-state index is -1.96. The molecule has 3 heterocycles. The van der Waals surface area contributed by atoms with Crippen LogP contribution in [0, 0.1) is 17.5 Å². The maximum atomic E-state index is 14.0. The molecular weight excluding hydrogens is 447 g/mol. The van der Waals surface area contributed by atoms with Crippen molar-refractivity contribution in [1.29, 1.82) is 0 Å². The minimum absolute atomic E-state index is 0.0564. The summed E-state index contributed by atoms with van der Waals surface area (Å²) in [7, 11) is -1.96. The van der Waals surface area contributed by atoms with Crippen molar-refractivity contribution in [1.82, 2.24) is 14.5 Å². The minimum Gasteiger partial charge on any atom is -0.415 e. The van der Waals surface area contributed by atoms with Crippen molar-refractivity contribution in [2.45, 2.75) is 45.4 Å². The Hall–Kier alpha value is -2.65. The van der Waals surface area contributed by atoms with Gasteiger partial charge in [-0.05, 0) is 35.8 Å². The summed E-state index contributed by atoms with van der Waals surface area (Å²) in [4.78, 5) is 19.4. The quantitative estimate of drug-likeness (QED) is 0.452. The van der Waals surface area contributed by atoms with Gasteiger partial charge >= 0.3 is 0 Å². The lowest BCUT2D eigenvalue weighted by atomic mass is 10.0. The number of pyridine rings is 1. The summed E-state index contributed by atoms with van der Waals surface area (Å²) in [6, 6.07) is 4.79. The summed E-state index contributed by atoms with van der Waals surface area (Å²) in [6.07, 6.45) is 1.06. The number of hydrogen-bond acceptors (Lipinski definition) is 3. The maximum absolute atomic E-state index is 14.0. The Kier molecular flexibility index (Phi) is 5.90. The van der Waals surface area contributed by atoms with Gasteiger partial charge in [0, 0.05) is 31.3 Å². The highest BCUT2D eigenvalue weighted by atomic mass is 28.4. The van der Waals surface area contributed by atoms with Crippen LogP contribution in [0.15, 0.2) is 30.5 Å². The number of carbonyl (C=O) groups excluding carboxylic acids is 1. The van der Waals surface area contributed by atoms with Crippen LogP contribution in [0.1, 0.15) is 31.3 Å². The van der Waals surface area contributed by atoms with E-state index in [0.29, 0.717) is 54.1 Å². The Labute approximate surface area is 192 Å². The molecule has 1 amide bonds. The molecule has 0 bridgehead atoms. The van der Waals surface area contributed by atoms with Crippen LogP contribution in [0.3, 0.4) is 0 Å². The third-order valence-electron chi connectivity index (χ3n) is 6.79.